The first-order valence-corrected chi connectivity index (χ1v) is 12.0. The third-order valence-electron chi connectivity index (χ3n) is 5.73. The molecule has 4 N–H and O–H groups in total. The van der Waals surface area contributed by atoms with Crippen molar-refractivity contribution in [2.45, 2.75) is 51.6 Å². The van der Waals surface area contributed by atoms with Gasteiger partial charge in [-0.2, -0.15) is 0 Å². The van der Waals surface area contributed by atoms with Crippen molar-refractivity contribution >= 4 is 29.4 Å². The highest BCUT2D eigenvalue weighted by molar-refractivity contribution is 6.32. The van der Waals surface area contributed by atoms with E-state index < -0.39 is 23.8 Å². The quantitative estimate of drug-likeness (QED) is 0.215. The summed E-state index contributed by atoms with van der Waals surface area (Å²) in [5.41, 5.74) is 3.63. The second-order valence-corrected chi connectivity index (χ2v) is 8.82. The Balaban J connectivity index is 1.91. The summed E-state index contributed by atoms with van der Waals surface area (Å²) in [7, 11) is 0. The first kappa shape index (κ1) is 26.9. The van der Waals surface area contributed by atoms with Crippen LogP contribution in [0.15, 0.2) is 54.6 Å². The molecule has 2 aromatic carbocycles. The molecule has 1 unspecified atom stereocenters. The lowest BCUT2D eigenvalue weighted by atomic mass is 10.0. The molecule has 10 heteroatoms. The Morgan fingerprint density at radius 3 is 2.36 bits per heavy atom. The van der Waals surface area contributed by atoms with Crippen LogP contribution < -0.4 is 10.8 Å². The molecule has 0 aliphatic rings. The number of hydroxylamine groups is 1. The van der Waals surface area contributed by atoms with Crippen LogP contribution in [0.1, 0.15) is 64.0 Å². The average Bonchev–Trinajstić information content (AvgIpc) is 3.17. The molecule has 0 saturated carbocycles. The number of amides is 2. The summed E-state index contributed by atoms with van der Waals surface area (Å²) in [5, 5.41) is 21.1. The second kappa shape index (κ2) is 12.9. The normalized spacial score (nSPS) is 11.6. The molecule has 9 nitrogen and oxygen atoms in total. The van der Waals surface area contributed by atoms with E-state index >= 15 is 0 Å². The molecule has 3 aromatic rings. The van der Waals surface area contributed by atoms with Crippen LogP contribution in [-0.4, -0.2) is 43.7 Å². The van der Waals surface area contributed by atoms with Crippen LogP contribution >= 0.6 is 11.6 Å². The number of aromatic carboxylic acids is 1. The Kier molecular flexibility index (Phi) is 9.61. The number of rotatable bonds is 12. The maximum atomic E-state index is 13.4. The summed E-state index contributed by atoms with van der Waals surface area (Å²) in [6, 6.07) is 15.1. The van der Waals surface area contributed by atoms with E-state index in [1.165, 1.54) is 12.1 Å². The molecule has 0 radical (unpaired) electrons. The summed E-state index contributed by atoms with van der Waals surface area (Å²) in [4.78, 5) is 41.0. The van der Waals surface area contributed by atoms with Crippen molar-refractivity contribution in [3.8, 4) is 0 Å². The number of benzene rings is 2. The number of carbonyl (C=O) groups excluding carboxylic acids is 2. The third-order valence-corrected chi connectivity index (χ3v) is 5.99. The van der Waals surface area contributed by atoms with Crippen molar-refractivity contribution in [1.29, 1.82) is 0 Å². The maximum Gasteiger partial charge on any atom is 0.335 e. The van der Waals surface area contributed by atoms with Gasteiger partial charge in [-0.25, -0.2) is 15.3 Å². The van der Waals surface area contributed by atoms with Crippen LogP contribution in [0.2, 0.25) is 5.15 Å². The fourth-order valence-corrected chi connectivity index (χ4v) is 4.20. The molecule has 1 atom stereocenters. The van der Waals surface area contributed by atoms with Gasteiger partial charge in [-0.05, 0) is 36.1 Å². The molecule has 2 amide bonds. The SMILES string of the molecule is CCCCc1nc(Cl)c(C(=O)NC(CC(=O)NO)Cc2ccccc2)n1Cc1ccc(C(=O)O)cc1. The highest BCUT2D eigenvalue weighted by Gasteiger charge is 2.25. The van der Waals surface area contributed by atoms with Gasteiger partial charge in [0.25, 0.3) is 5.91 Å². The Labute approximate surface area is 214 Å². The molecule has 1 heterocycles. The van der Waals surface area contributed by atoms with E-state index in [0.29, 0.717) is 18.7 Å². The number of aromatic nitrogens is 2. The van der Waals surface area contributed by atoms with Crippen molar-refractivity contribution in [3.63, 3.8) is 0 Å². The van der Waals surface area contributed by atoms with Crippen LogP contribution in [0, 0.1) is 0 Å². The van der Waals surface area contributed by atoms with E-state index in [9.17, 15) is 14.4 Å². The van der Waals surface area contributed by atoms with Crippen LogP contribution in [0.4, 0.5) is 0 Å². The fourth-order valence-electron chi connectivity index (χ4n) is 3.91. The Morgan fingerprint density at radius 2 is 1.75 bits per heavy atom. The average molecular weight is 513 g/mol. The highest BCUT2D eigenvalue weighted by Crippen LogP contribution is 2.22. The summed E-state index contributed by atoms with van der Waals surface area (Å²) in [5.74, 6) is -1.50. The van der Waals surface area contributed by atoms with E-state index in [1.807, 2.05) is 37.3 Å². The second-order valence-electron chi connectivity index (χ2n) is 8.46. The Morgan fingerprint density at radius 1 is 1.06 bits per heavy atom. The molecular weight excluding hydrogens is 484 g/mol. The summed E-state index contributed by atoms with van der Waals surface area (Å²) >= 11 is 6.44. The van der Waals surface area contributed by atoms with E-state index in [2.05, 4.69) is 10.3 Å². The van der Waals surface area contributed by atoms with Gasteiger partial charge in [-0.15, -0.1) is 0 Å². The molecule has 0 fully saturated rings. The first-order valence-electron chi connectivity index (χ1n) is 11.7. The number of imidazole rings is 1. The molecule has 36 heavy (non-hydrogen) atoms. The lowest BCUT2D eigenvalue weighted by Gasteiger charge is -2.19. The molecule has 0 aliphatic carbocycles. The van der Waals surface area contributed by atoms with Gasteiger partial charge >= 0.3 is 5.97 Å². The first-order chi connectivity index (χ1) is 17.3. The molecule has 3 rings (SSSR count). The van der Waals surface area contributed by atoms with Crippen LogP contribution in [0.3, 0.4) is 0 Å². The zero-order valence-electron chi connectivity index (χ0n) is 19.9. The smallest absolute Gasteiger partial charge is 0.335 e. The summed E-state index contributed by atoms with van der Waals surface area (Å²) < 4.78 is 1.73. The standard InChI is InChI=1S/C26H29ClN4O5/c1-2-3-9-21-29-24(27)23(31(21)16-18-10-12-19(13-11-18)26(34)35)25(33)28-20(15-22(32)30-36)14-17-7-5-4-6-8-17/h4-8,10-13,20,36H,2-3,9,14-16H2,1H3,(H,28,33)(H,30,32)(H,34,35). The zero-order valence-corrected chi connectivity index (χ0v) is 20.7. The minimum atomic E-state index is -1.02. The van der Waals surface area contributed by atoms with Crippen LogP contribution in [0.5, 0.6) is 0 Å². The number of nitrogens with zero attached hydrogens (tertiary/aromatic N) is 2. The van der Waals surface area contributed by atoms with Crippen molar-refractivity contribution in [1.82, 2.24) is 20.3 Å². The number of carboxylic acids is 1. The lowest BCUT2D eigenvalue weighted by Crippen LogP contribution is -2.41. The minimum Gasteiger partial charge on any atom is -0.478 e. The molecule has 0 aliphatic heterocycles. The number of halogens is 1. The van der Waals surface area contributed by atoms with Gasteiger partial charge < -0.3 is 15.0 Å². The van der Waals surface area contributed by atoms with E-state index in [-0.39, 0.29) is 29.4 Å². The van der Waals surface area contributed by atoms with Gasteiger partial charge in [0.15, 0.2) is 5.15 Å². The minimum absolute atomic E-state index is 0.0471. The van der Waals surface area contributed by atoms with Gasteiger partial charge in [0, 0.05) is 25.4 Å². The molecule has 190 valence electrons. The zero-order chi connectivity index (χ0) is 26.1. The number of carboxylic acid groups (broad SMARTS) is 1. The monoisotopic (exact) mass is 512 g/mol. The van der Waals surface area contributed by atoms with E-state index in [1.54, 1.807) is 22.2 Å². The highest BCUT2D eigenvalue weighted by atomic mass is 35.5. The maximum absolute atomic E-state index is 13.4. The predicted molar refractivity (Wildman–Crippen MR) is 134 cm³/mol. The van der Waals surface area contributed by atoms with Gasteiger partial charge in [-0.3, -0.25) is 14.8 Å². The van der Waals surface area contributed by atoms with Crippen LogP contribution in [0.25, 0.3) is 0 Å². The molecule has 0 saturated heterocycles. The molecule has 0 spiro atoms. The molecular formula is C26H29ClN4O5. The molecule has 1 aromatic heterocycles. The Hall–Kier alpha value is -3.69. The lowest BCUT2D eigenvalue weighted by molar-refractivity contribution is -0.129. The summed E-state index contributed by atoms with van der Waals surface area (Å²) in [6.45, 7) is 2.31. The Bertz CT molecular complexity index is 1200. The summed E-state index contributed by atoms with van der Waals surface area (Å²) in [6.07, 6.45) is 2.61. The number of hydrogen-bond donors (Lipinski definition) is 4. The number of unbranched alkanes of at least 4 members (excludes halogenated alkanes) is 1. The van der Waals surface area contributed by atoms with Crippen molar-refractivity contribution in [2.24, 2.45) is 0 Å². The molecule has 0 bridgehead atoms. The van der Waals surface area contributed by atoms with Crippen molar-refractivity contribution in [2.75, 3.05) is 0 Å². The van der Waals surface area contributed by atoms with Crippen LogP contribution in [-0.2, 0) is 24.2 Å². The number of nitrogens with one attached hydrogen (secondary N) is 2. The fraction of sp³-hybridized carbons (Fsp3) is 0.308. The van der Waals surface area contributed by atoms with Gasteiger partial charge in [-0.1, -0.05) is 67.4 Å². The van der Waals surface area contributed by atoms with Gasteiger partial charge in [0.05, 0.1) is 5.56 Å². The van der Waals surface area contributed by atoms with E-state index in [4.69, 9.17) is 21.9 Å². The third kappa shape index (κ3) is 7.16. The topological polar surface area (TPSA) is 134 Å². The number of carbonyl (C=O) groups is 3. The van der Waals surface area contributed by atoms with E-state index in [0.717, 1.165) is 24.0 Å². The largest absolute Gasteiger partial charge is 0.478 e. The van der Waals surface area contributed by atoms with Crippen molar-refractivity contribution in [3.05, 3.63) is 88.0 Å². The predicted octanol–water partition coefficient (Wildman–Crippen LogP) is 3.86. The van der Waals surface area contributed by atoms with Gasteiger partial charge in [0.1, 0.15) is 11.5 Å². The van der Waals surface area contributed by atoms with Gasteiger partial charge in [0.2, 0.25) is 5.91 Å². The number of aryl methyl sites for hydroxylation is 1. The number of hydrogen-bond acceptors (Lipinski definition) is 5. The van der Waals surface area contributed by atoms with Crippen molar-refractivity contribution < 1.29 is 24.7 Å².